The van der Waals surface area contributed by atoms with Crippen molar-refractivity contribution in [3.63, 3.8) is 0 Å². The second-order valence-corrected chi connectivity index (χ2v) is 8.43. The van der Waals surface area contributed by atoms with E-state index in [1.165, 1.54) is 0 Å². The normalized spacial score (nSPS) is 12.1. The number of hydrogen-bond acceptors (Lipinski definition) is 6. The Balaban J connectivity index is 1.90. The van der Waals surface area contributed by atoms with E-state index in [4.69, 9.17) is 22.1 Å². The first-order valence-electron chi connectivity index (χ1n) is 10.6. The number of aryl methyl sites for hydroxylation is 3. The number of benzene rings is 1. The monoisotopic (exact) mass is 481 g/mol. The second-order valence-electron chi connectivity index (χ2n) is 8.04. The van der Waals surface area contributed by atoms with E-state index in [1.54, 1.807) is 34.6 Å². The summed E-state index contributed by atoms with van der Waals surface area (Å²) in [6.45, 7) is 6.44. The number of carboxylic acid groups (broad SMARTS) is 1. The van der Waals surface area contributed by atoms with Gasteiger partial charge in [0.2, 0.25) is 0 Å². The maximum atomic E-state index is 13.3. The van der Waals surface area contributed by atoms with E-state index in [2.05, 4.69) is 15.4 Å². The van der Waals surface area contributed by atoms with Gasteiger partial charge in [-0.2, -0.15) is 5.10 Å². The fourth-order valence-corrected chi connectivity index (χ4v) is 4.41. The van der Waals surface area contributed by atoms with E-state index in [1.807, 2.05) is 38.2 Å². The summed E-state index contributed by atoms with van der Waals surface area (Å²) in [5.41, 5.74) is 2.90. The molecule has 3 aromatic heterocycles. The molecule has 0 radical (unpaired) electrons. The van der Waals surface area contributed by atoms with Crippen LogP contribution in [-0.4, -0.2) is 36.4 Å². The second kappa shape index (κ2) is 8.79. The van der Waals surface area contributed by atoms with E-state index in [0.717, 1.165) is 27.5 Å². The first-order chi connectivity index (χ1) is 16.1. The number of halogens is 1. The lowest BCUT2D eigenvalue weighted by molar-refractivity contribution is 0.200. The van der Waals surface area contributed by atoms with Gasteiger partial charge in [-0.05, 0) is 50.1 Å². The molecule has 0 aliphatic heterocycles. The molecule has 0 saturated carbocycles. The molecule has 34 heavy (non-hydrogen) atoms. The van der Waals surface area contributed by atoms with Gasteiger partial charge in [0, 0.05) is 35.8 Å². The Labute approximate surface area is 199 Å². The Hall–Kier alpha value is -3.92. The molecular weight excluding hydrogens is 458 g/mol. The van der Waals surface area contributed by atoms with Crippen LogP contribution in [0.2, 0.25) is 5.15 Å². The summed E-state index contributed by atoms with van der Waals surface area (Å²) in [4.78, 5) is 28.4. The third-order valence-corrected chi connectivity index (χ3v) is 5.93. The van der Waals surface area contributed by atoms with Crippen molar-refractivity contribution in [1.82, 2.24) is 24.6 Å². The standard InChI is InChI=1S/C23H24ClN7O3/c1-5-31-21-15(10-26-31)18-13(8-11(2)9-14(18)22(32)30(21)4)12(3)27-16-6-7-17(24)28-19(16)20(25)29-23(33)34/h6-10,12,27H,5H2,1-4H3,(H2,25,29)(H,33,34). The Morgan fingerprint density at radius 3 is 2.71 bits per heavy atom. The maximum absolute atomic E-state index is 13.3. The van der Waals surface area contributed by atoms with Crippen LogP contribution in [0.5, 0.6) is 0 Å². The van der Waals surface area contributed by atoms with Crippen LogP contribution in [0.15, 0.2) is 35.3 Å². The minimum absolute atomic E-state index is 0.0681. The Bertz CT molecular complexity index is 1520. The Kier molecular flexibility index (Phi) is 6.01. The van der Waals surface area contributed by atoms with Crippen LogP contribution in [0.25, 0.3) is 21.8 Å². The molecule has 0 aliphatic rings. The molecule has 1 aromatic carbocycles. The van der Waals surface area contributed by atoms with Gasteiger partial charge in [0.1, 0.15) is 16.5 Å². The Morgan fingerprint density at radius 2 is 2.03 bits per heavy atom. The summed E-state index contributed by atoms with van der Waals surface area (Å²) in [7, 11) is 1.74. The fourth-order valence-electron chi connectivity index (χ4n) is 4.26. The van der Waals surface area contributed by atoms with Gasteiger partial charge in [-0.3, -0.25) is 20.1 Å². The summed E-state index contributed by atoms with van der Waals surface area (Å²) in [5.74, 6) is -0.403. The highest BCUT2D eigenvalue weighted by Gasteiger charge is 2.21. The molecule has 3 heterocycles. The smallest absolute Gasteiger partial charge is 0.410 e. The molecular formula is C23H24ClN7O3. The van der Waals surface area contributed by atoms with Crippen LogP contribution in [0.1, 0.15) is 36.7 Å². The van der Waals surface area contributed by atoms with Crippen LogP contribution < -0.4 is 16.2 Å². The van der Waals surface area contributed by atoms with Crippen molar-refractivity contribution in [1.29, 1.82) is 5.41 Å². The first kappa shape index (κ1) is 23.2. The average Bonchev–Trinajstić information content (AvgIpc) is 3.21. The van der Waals surface area contributed by atoms with Crippen molar-refractivity contribution in [2.75, 3.05) is 5.32 Å². The number of amidine groups is 1. The van der Waals surface area contributed by atoms with Crippen molar-refractivity contribution < 1.29 is 9.90 Å². The third kappa shape index (κ3) is 3.96. The fraction of sp³-hybridized carbons (Fsp3) is 0.261. The van der Waals surface area contributed by atoms with E-state index < -0.39 is 11.9 Å². The third-order valence-electron chi connectivity index (χ3n) is 5.71. The highest BCUT2D eigenvalue weighted by molar-refractivity contribution is 6.29. The van der Waals surface area contributed by atoms with E-state index in [-0.39, 0.29) is 22.4 Å². The van der Waals surface area contributed by atoms with E-state index >= 15 is 0 Å². The molecule has 10 nitrogen and oxygen atoms in total. The molecule has 1 atom stereocenters. The SMILES string of the molecule is CCn1ncc2c3c(C(C)Nc4ccc(Cl)nc4C(=N)NC(=O)O)cc(C)cc3c(=O)n(C)c21. The summed E-state index contributed by atoms with van der Waals surface area (Å²) in [6.07, 6.45) is 0.398. The summed E-state index contributed by atoms with van der Waals surface area (Å²) in [6, 6.07) is 6.74. The minimum atomic E-state index is -1.37. The molecule has 4 rings (SSSR count). The number of aromatic nitrogens is 4. The van der Waals surface area contributed by atoms with Crippen molar-refractivity contribution in [3.8, 4) is 0 Å². The predicted octanol–water partition coefficient (Wildman–Crippen LogP) is 4.03. The van der Waals surface area contributed by atoms with Gasteiger partial charge in [-0.1, -0.05) is 17.7 Å². The molecule has 0 spiro atoms. The number of pyridine rings is 2. The molecule has 11 heteroatoms. The highest BCUT2D eigenvalue weighted by Crippen LogP contribution is 2.33. The van der Waals surface area contributed by atoms with Gasteiger partial charge in [-0.15, -0.1) is 0 Å². The van der Waals surface area contributed by atoms with Crippen LogP contribution >= 0.6 is 11.6 Å². The molecule has 0 aliphatic carbocycles. The van der Waals surface area contributed by atoms with Gasteiger partial charge in [0.05, 0.1) is 11.9 Å². The van der Waals surface area contributed by atoms with E-state index in [0.29, 0.717) is 17.6 Å². The van der Waals surface area contributed by atoms with Crippen molar-refractivity contribution in [2.45, 2.75) is 33.4 Å². The number of carbonyl (C=O) groups is 1. The van der Waals surface area contributed by atoms with Crippen LogP contribution in [0.4, 0.5) is 10.5 Å². The first-order valence-corrected chi connectivity index (χ1v) is 11.0. The minimum Gasteiger partial charge on any atom is -0.465 e. The summed E-state index contributed by atoms with van der Waals surface area (Å²) in [5, 5.41) is 29.3. The molecule has 4 N–H and O–H groups in total. The molecule has 0 fully saturated rings. The van der Waals surface area contributed by atoms with Gasteiger partial charge < -0.3 is 10.4 Å². The van der Waals surface area contributed by atoms with Crippen LogP contribution in [0, 0.1) is 12.3 Å². The highest BCUT2D eigenvalue weighted by atomic mass is 35.5. The van der Waals surface area contributed by atoms with Gasteiger partial charge in [0.15, 0.2) is 5.84 Å². The number of nitrogens with zero attached hydrogens (tertiary/aromatic N) is 4. The van der Waals surface area contributed by atoms with Gasteiger partial charge in [-0.25, -0.2) is 14.5 Å². The Morgan fingerprint density at radius 1 is 1.29 bits per heavy atom. The van der Waals surface area contributed by atoms with Crippen molar-refractivity contribution in [3.05, 3.63) is 62.8 Å². The molecule has 1 unspecified atom stereocenters. The molecule has 0 bridgehead atoms. The maximum Gasteiger partial charge on any atom is 0.410 e. The largest absolute Gasteiger partial charge is 0.465 e. The van der Waals surface area contributed by atoms with Crippen LogP contribution in [-0.2, 0) is 13.6 Å². The number of fused-ring (bicyclic) bond motifs is 3. The topological polar surface area (TPSA) is 138 Å². The lowest BCUT2D eigenvalue weighted by Crippen LogP contribution is -2.30. The number of hydrogen-bond donors (Lipinski definition) is 4. The quantitative estimate of drug-likeness (QED) is 0.193. The van der Waals surface area contributed by atoms with Crippen molar-refractivity contribution >= 4 is 51.0 Å². The van der Waals surface area contributed by atoms with Crippen LogP contribution in [0.3, 0.4) is 0 Å². The number of anilines is 1. The zero-order chi connectivity index (χ0) is 24.7. The average molecular weight is 482 g/mol. The molecule has 4 aromatic rings. The van der Waals surface area contributed by atoms with Crippen molar-refractivity contribution in [2.24, 2.45) is 7.05 Å². The van der Waals surface area contributed by atoms with Gasteiger partial charge >= 0.3 is 6.09 Å². The molecule has 176 valence electrons. The number of amides is 1. The van der Waals surface area contributed by atoms with Gasteiger partial charge in [0.25, 0.3) is 5.56 Å². The number of nitrogens with one attached hydrogen (secondary N) is 3. The zero-order valence-electron chi connectivity index (χ0n) is 19.1. The summed E-state index contributed by atoms with van der Waals surface area (Å²) < 4.78 is 3.41. The summed E-state index contributed by atoms with van der Waals surface area (Å²) >= 11 is 6.01. The molecule has 1 amide bonds. The van der Waals surface area contributed by atoms with E-state index in [9.17, 15) is 9.59 Å². The molecule has 0 saturated heterocycles. The predicted molar refractivity (Wildman–Crippen MR) is 132 cm³/mol. The lowest BCUT2D eigenvalue weighted by atomic mass is 9.95. The number of rotatable bonds is 5. The zero-order valence-corrected chi connectivity index (χ0v) is 19.9. The lowest BCUT2D eigenvalue weighted by Gasteiger charge is -2.21.